The third-order valence-electron chi connectivity index (χ3n) is 5.57. The quantitative estimate of drug-likeness (QED) is 0.426. The Balaban J connectivity index is 1.43. The van der Waals surface area contributed by atoms with E-state index in [2.05, 4.69) is 25.7 Å². The zero-order chi connectivity index (χ0) is 22.6. The van der Waals surface area contributed by atoms with Crippen molar-refractivity contribution in [2.75, 3.05) is 49.8 Å². The van der Waals surface area contributed by atoms with Gasteiger partial charge in [-0.15, -0.1) is 11.3 Å². The van der Waals surface area contributed by atoms with Gasteiger partial charge in [0.2, 0.25) is 5.95 Å². The third-order valence-corrected chi connectivity index (χ3v) is 6.69. The summed E-state index contributed by atoms with van der Waals surface area (Å²) in [5.41, 5.74) is 5.83. The van der Waals surface area contributed by atoms with Crippen LogP contribution < -0.4 is 15.6 Å². The number of thiophene rings is 1. The largest absolute Gasteiger partial charge is 0.379 e. The molecule has 2 aromatic heterocycles. The van der Waals surface area contributed by atoms with Gasteiger partial charge in [0.25, 0.3) is 5.91 Å². The summed E-state index contributed by atoms with van der Waals surface area (Å²) < 4.78 is 11.8. The molecule has 0 radical (unpaired) electrons. The van der Waals surface area contributed by atoms with Gasteiger partial charge in [0, 0.05) is 19.7 Å². The average Bonchev–Trinajstić information content (AvgIpc) is 3.49. The van der Waals surface area contributed by atoms with Crippen LogP contribution in [0.25, 0.3) is 10.2 Å². The molecule has 2 fully saturated rings. The van der Waals surface area contributed by atoms with Crippen molar-refractivity contribution in [2.24, 2.45) is 5.10 Å². The number of ether oxygens (including phenoxy) is 2. The Labute approximate surface area is 195 Å². The molecule has 0 aliphatic carbocycles. The maximum absolute atomic E-state index is 12.8. The maximum atomic E-state index is 12.8. The number of morpholine rings is 1. The number of hydrogen-bond donors (Lipinski definition) is 2. The van der Waals surface area contributed by atoms with Crippen LogP contribution in [0.4, 0.5) is 11.8 Å². The predicted molar refractivity (Wildman–Crippen MR) is 130 cm³/mol. The zero-order valence-corrected chi connectivity index (χ0v) is 19.2. The number of hydrogen-bond acceptors (Lipinski definition) is 9. The molecular weight excluding hydrogens is 440 g/mol. The number of fused-ring (bicyclic) bond motifs is 1. The summed E-state index contributed by atoms with van der Waals surface area (Å²) >= 11 is 1.41. The van der Waals surface area contributed by atoms with Crippen molar-refractivity contribution in [3.63, 3.8) is 0 Å². The first-order valence-corrected chi connectivity index (χ1v) is 11.9. The van der Waals surface area contributed by atoms with Crippen LogP contribution in [-0.2, 0) is 9.47 Å². The maximum Gasteiger partial charge on any atom is 0.261 e. The molecule has 2 N–H and O–H groups in total. The van der Waals surface area contributed by atoms with Crippen LogP contribution in [0.2, 0.25) is 0 Å². The molecule has 2 aliphatic heterocycles. The lowest BCUT2D eigenvalue weighted by Gasteiger charge is -2.28. The van der Waals surface area contributed by atoms with E-state index in [9.17, 15) is 4.79 Å². The summed E-state index contributed by atoms with van der Waals surface area (Å²) in [6.45, 7) is 6.03. The van der Waals surface area contributed by atoms with E-state index in [-0.39, 0.29) is 11.9 Å². The number of nitrogens with zero attached hydrogens (tertiary/aromatic N) is 4. The fourth-order valence-electron chi connectivity index (χ4n) is 3.89. The second-order valence-electron chi connectivity index (χ2n) is 8.11. The van der Waals surface area contributed by atoms with E-state index < -0.39 is 0 Å². The Morgan fingerprint density at radius 1 is 1.21 bits per heavy atom. The van der Waals surface area contributed by atoms with Gasteiger partial charge in [-0.3, -0.25) is 4.79 Å². The fraction of sp³-hybridized carbons (Fsp3) is 0.391. The Hall–Kier alpha value is -3.08. The van der Waals surface area contributed by atoms with Crippen LogP contribution in [0, 0.1) is 6.92 Å². The number of carbonyl (C=O) groups excluding carboxylic acids is 1. The molecule has 10 heteroatoms. The van der Waals surface area contributed by atoms with Gasteiger partial charge in [-0.05, 0) is 25.0 Å². The molecule has 1 atom stereocenters. The molecule has 2 aliphatic rings. The molecule has 9 nitrogen and oxygen atoms in total. The monoisotopic (exact) mass is 466 g/mol. The standard InChI is InChI=1S/C23H26N6O3S/c1-15-3-2-4-16(11-15)13-24-28-23-26-18-12-19(22(30)25-17-5-8-32-14-17)33-20(18)21(27-23)29-6-9-31-10-7-29/h2-4,11-13,17H,5-10,14H2,1H3,(H,25,30)(H,26,27,28)/b24-13+. The average molecular weight is 467 g/mol. The van der Waals surface area contributed by atoms with Gasteiger partial charge in [0.1, 0.15) is 0 Å². The first kappa shape index (κ1) is 21.7. The number of nitrogens with one attached hydrogen (secondary N) is 2. The van der Waals surface area contributed by atoms with Crippen molar-refractivity contribution in [1.29, 1.82) is 0 Å². The Morgan fingerprint density at radius 2 is 2.09 bits per heavy atom. The van der Waals surface area contributed by atoms with Crippen LogP contribution >= 0.6 is 11.3 Å². The molecule has 1 unspecified atom stereocenters. The minimum atomic E-state index is -0.103. The minimum absolute atomic E-state index is 0.0562. The molecule has 0 saturated carbocycles. The summed E-state index contributed by atoms with van der Waals surface area (Å²) in [4.78, 5) is 25.0. The Kier molecular flexibility index (Phi) is 6.47. The second kappa shape index (κ2) is 9.82. The van der Waals surface area contributed by atoms with Gasteiger partial charge in [0.15, 0.2) is 5.82 Å². The molecule has 1 amide bonds. The highest BCUT2D eigenvalue weighted by molar-refractivity contribution is 7.21. The van der Waals surface area contributed by atoms with Crippen molar-refractivity contribution in [3.8, 4) is 0 Å². The highest BCUT2D eigenvalue weighted by Crippen LogP contribution is 2.33. The van der Waals surface area contributed by atoms with Crippen LogP contribution in [0.5, 0.6) is 0 Å². The van der Waals surface area contributed by atoms with Crippen molar-refractivity contribution in [2.45, 2.75) is 19.4 Å². The number of hydrazone groups is 1. The van der Waals surface area contributed by atoms with E-state index in [0.717, 1.165) is 41.1 Å². The topological polar surface area (TPSA) is 101 Å². The highest BCUT2D eigenvalue weighted by Gasteiger charge is 2.23. The number of aryl methyl sites for hydroxylation is 1. The third kappa shape index (κ3) is 5.13. The lowest BCUT2D eigenvalue weighted by atomic mass is 10.2. The van der Waals surface area contributed by atoms with Crippen LogP contribution in [0.1, 0.15) is 27.2 Å². The first-order valence-electron chi connectivity index (χ1n) is 11.0. The predicted octanol–water partition coefficient (Wildman–Crippen LogP) is 2.80. The van der Waals surface area contributed by atoms with E-state index >= 15 is 0 Å². The molecule has 5 rings (SSSR count). The first-order chi connectivity index (χ1) is 16.2. The van der Waals surface area contributed by atoms with Crippen molar-refractivity contribution >= 4 is 45.4 Å². The van der Waals surface area contributed by atoms with E-state index in [1.807, 2.05) is 37.3 Å². The van der Waals surface area contributed by atoms with E-state index in [1.165, 1.54) is 16.9 Å². The van der Waals surface area contributed by atoms with Crippen molar-refractivity contribution < 1.29 is 14.3 Å². The van der Waals surface area contributed by atoms with E-state index in [0.29, 0.717) is 37.3 Å². The minimum Gasteiger partial charge on any atom is -0.379 e. The molecule has 3 aromatic rings. The summed E-state index contributed by atoms with van der Waals surface area (Å²) in [5.74, 6) is 1.08. The van der Waals surface area contributed by atoms with Gasteiger partial charge in [-0.25, -0.2) is 10.4 Å². The molecule has 1 aromatic carbocycles. The Bertz CT molecular complexity index is 1170. The zero-order valence-electron chi connectivity index (χ0n) is 18.4. The normalized spacial score (nSPS) is 18.8. The summed E-state index contributed by atoms with van der Waals surface area (Å²) in [5, 5.41) is 7.38. The number of aromatic nitrogens is 2. The number of anilines is 2. The summed E-state index contributed by atoms with van der Waals surface area (Å²) in [7, 11) is 0. The number of amides is 1. The molecule has 33 heavy (non-hydrogen) atoms. The van der Waals surface area contributed by atoms with Crippen molar-refractivity contribution in [1.82, 2.24) is 15.3 Å². The van der Waals surface area contributed by atoms with Crippen molar-refractivity contribution in [3.05, 3.63) is 46.3 Å². The van der Waals surface area contributed by atoms with Gasteiger partial charge in [-0.1, -0.05) is 29.8 Å². The molecule has 2 saturated heterocycles. The van der Waals surface area contributed by atoms with Gasteiger partial charge < -0.3 is 19.7 Å². The van der Waals surface area contributed by atoms with E-state index in [4.69, 9.17) is 14.5 Å². The smallest absolute Gasteiger partial charge is 0.261 e. The second-order valence-corrected chi connectivity index (χ2v) is 9.17. The Morgan fingerprint density at radius 3 is 2.88 bits per heavy atom. The lowest BCUT2D eigenvalue weighted by molar-refractivity contribution is 0.0934. The molecular formula is C23H26N6O3S. The molecule has 0 bridgehead atoms. The number of rotatable bonds is 6. The van der Waals surface area contributed by atoms with E-state index in [1.54, 1.807) is 6.21 Å². The lowest BCUT2D eigenvalue weighted by Crippen LogP contribution is -2.36. The summed E-state index contributed by atoms with van der Waals surface area (Å²) in [6, 6.07) is 9.95. The number of carbonyl (C=O) groups is 1. The van der Waals surface area contributed by atoms with Crippen LogP contribution in [-0.4, -0.2) is 67.6 Å². The van der Waals surface area contributed by atoms with Gasteiger partial charge in [-0.2, -0.15) is 10.1 Å². The molecule has 4 heterocycles. The molecule has 172 valence electrons. The molecule has 0 spiro atoms. The van der Waals surface area contributed by atoms with Crippen LogP contribution in [0.3, 0.4) is 0 Å². The van der Waals surface area contributed by atoms with Gasteiger partial charge >= 0.3 is 0 Å². The van der Waals surface area contributed by atoms with Crippen LogP contribution in [0.15, 0.2) is 35.4 Å². The number of benzene rings is 1. The van der Waals surface area contributed by atoms with Gasteiger partial charge in [0.05, 0.1) is 47.2 Å². The SMILES string of the molecule is Cc1cccc(/C=N/Nc2nc(N3CCOCC3)c3sc(C(=O)NC4CCOC4)cc3n2)c1. The fourth-order valence-corrected chi connectivity index (χ4v) is 4.90. The summed E-state index contributed by atoms with van der Waals surface area (Å²) in [6.07, 6.45) is 2.58. The highest BCUT2D eigenvalue weighted by atomic mass is 32.1.